The van der Waals surface area contributed by atoms with E-state index in [9.17, 15) is 9.59 Å². The number of carbonyl (C=O) groups excluding carboxylic acids is 1. The lowest BCUT2D eigenvalue weighted by Crippen LogP contribution is -2.29. The van der Waals surface area contributed by atoms with Crippen molar-refractivity contribution < 1.29 is 13.9 Å². The van der Waals surface area contributed by atoms with E-state index >= 15 is 0 Å². The van der Waals surface area contributed by atoms with Crippen LogP contribution < -0.4 is 10.9 Å². The molecule has 1 amide bonds. The molecule has 20 heavy (non-hydrogen) atoms. The van der Waals surface area contributed by atoms with Gasteiger partial charge < -0.3 is 14.5 Å². The summed E-state index contributed by atoms with van der Waals surface area (Å²) in [5, 5.41) is 3.42. The molecule has 0 fully saturated rings. The minimum Gasteiger partial charge on any atom is -0.422 e. The molecule has 106 valence electrons. The average Bonchev–Trinajstić information content (AvgIpc) is 2.44. The van der Waals surface area contributed by atoms with Crippen molar-refractivity contribution in [3.63, 3.8) is 0 Å². The van der Waals surface area contributed by atoms with Crippen molar-refractivity contribution in [1.82, 2.24) is 5.32 Å². The maximum absolute atomic E-state index is 11.9. The predicted molar refractivity (Wildman–Crippen MR) is 76.0 cm³/mol. The zero-order valence-electron chi connectivity index (χ0n) is 11.6. The Kier molecular flexibility index (Phi) is 4.53. The van der Waals surface area contributed by atoms with Gasteiger partial charge in [0, 0.05) is 25.6 Å². The van der Waals surface area contributed by atoms with E-state index in [2.05, 4.69) is 5.32 Å². The van der Waals surface area contributed by atoms with Crippen LogP contribution in [0.25, 0.3) is 11.0 Å². The van der Waals surface area contributed by atoms with E-state index in [0.29, 0.717) is 25.2 Å². The van der Waals surface area contributed by atoms with Crippen LogP contribution in [0.3, 0.4) is 0 Å². The van der Waals surface area contributed by atoms with Gasteiger partial charge in [0.15, 0.2) is 0 Å². The number of methoxy groups -OCH3 is 1. The van der Waals surface area contributed by atoms with Crippen LogP contribution >= 0.6 is 0 Å². The molecule has 0 spiro atoms. The molecule has 1 N–H and O–H groups in total. The molecular formula is C15H17NO4. The minimum absolute atomic E-state index is 0.0283. The zero-order valence-corrected chi connectivity index (χ0v) is 11.6. The molecule has 1 aromatic heterocycles. The van der Waals surface area contributed by atoms with Gasteiger partial charge in [0.25, 0.3) is 5.91 Å². The number of ether oxygens (including phenoxy) is 1. The van der Waals surface area contributed by atoms with Crippen LogP contribution in [0.1, 0.15) is 22.3 Å². The van der Waals surface area contributed by atoms with Gasteiger partial charge in [-0.3, -0.25) is 4.79 Å². The molecular weight excluding hydrogens is 258 g/mol. The Morgan fingerprint density at radius 3 is 2.95 bits per heavy atom. The van der Waals surface area contributed by atoms with Crippen LogP contribution in [0, 0.1) is 6.92 Å². The van der Waals surface area contributed by atoms with Gasteiger partial charge in [-0.05, 0) is 25.0 Å². The lowest BCUT2D eigenvalue weighted by molar-refractivity contribution is 0.0945. The molecule has 0 saturated carbocycles. The third kappa shape index (κ3) is 3.05. The molecule has 0 aliphatic heterocycles. The number of amides is 1. The van der Waals surface area contributed by atoms with E-state index in [-0.39, 0.29) is 5.56 Å². The first-order chi connectivity index (χ1) is 9.63. The Labute approximate surface area is 116 Å². The lowest BCUT2D eigenvalue weighted by Gasteiger charge is -2.05. The Bertz CT molecular complexity index is 675. The van der Waals surface area contributed by atoms with Crippen LogP contribution in [-0.4, -0.2) is 26.2 Å². The van der Waals surface area contributed by atoms with Crippen LogP contribution in [0.4, 0.5) is 0 Å². The van der Waals surface area contributed by atoms with Gasteiger partial charge in [-0.1, -0.05) is 18.2 Å². The molecule has 1 heterocycles. The fraction of sp³-hybridized carbons (Fsp3) is 0.333. The van der Waals surface area contributed by atoms with Crippen LogP contribution in [0.5, 0.6) is 0 Å². The van der Waals surface area contributed by atoms with E-state index in [0.717, 1.165) is 10.9 Å². The highest BCUT2D eigenvalue weighted by Crippen LogP contribution is 2.17. The summed E-state index contributed by atoms with van der Waals surface area (Å²) in [6.07, 6.45) is 0.695. The highest BCUT2D eigenvalue weighted by Gasteiger charge is 2.13. The first-order valence-corrected chi connectivity index (χ1v) is 6.44. The van der Waals surface area contributed by atoms with Crippen molar-refractivity contribution in [2.24, 2.45) is 0 Å². The standard InChI is InChI=1S/C15H17NO4/c1-10-5-3-6-11-9-12(15(18)20-13(10)11)14(17)16-7-4-8-19-2/h3,5-6,9H,4,7-8H2,1-2H3,(H,16,17). The Morgan fingerprint density at radius 1 is 1.40 bits per heavy atom. The van der Waals surface area contributed by atoms with Gasteiger partial charge in [-0.2, -0.15) is 0 Å². The molecule has 0 saturated heterocycles. The minimum atomic E-state index is -0.615. The van der Waals surface area contributed by atoms with Gasteiger partial charge in [0.1, 0.15) is 11.1 Å². The molecule has 0 radical (unpaired) electrons. The molecule has 1 aromatic carbocycles. The number of benzene rings is 1. The number of rotatable bonds is 5. The molecule has 0 bridgehead atoms. The highest BCUT2D eigenvalue weighted by molar-refractivity contribution is 5.96. The first-order valence-electron chi connectivity index (χ1n) is 6.44. The maximum Gasteiger partial charge on any atom is 0.349 e. The second-order valence-corrected chi connectivity index (χ2v) is 4.54. The Hall–Kier alpha value is -2.14. The molecule has 0 unspecified atom stereocenters. The number of fused-ring (bicyclic) bond motifs is 1. The molecule has 0 aliphatic carbocycles. The summed E-state index contributed by atoms with van der Waals surface area (Å²) in [6, 6.07) is 7.10. The number of nitrogens with one attached hydrogen (secondary N) is 1. The summed E-state index contributed by atoms with van der Waals surface area (Å²) in [5.41, 5.74) is 0.802. The molecule has 0 atom stereocenters. The second-order valence-electron chi connectivity index (χ2n) is 4.54. The van der Waals surface area contributed by atoms with Gasteiger partial charge in [-0.25, -0.2) is 4.79 Å². The SMILES string of the molecule is COCCCNC(=O)c1cc2cccc(C)c2oc1=O. The van der Waals surface area contributed by atoms with Crippen molar-refractivity contribution in [1.29, 1.82) is 0 Å². The van der Waals surface area contributed by atoms with Gasteiger partial charge in [0.05, 0.1) is 0 Å². The normalized spacial score (nSPS) is 10.7. The number of hydrogen-bond donors (Lipinski definition) is 1. The van der Waals surface area contributed by atoms with Crippen LogP contribution in [-0.2, 0) is 4.74 Å². The van der Waals surface area contributed by atoms with Crippen molar-refractivity contribution in [2.75, 3.05) is 20.3 Å². The molecule has 5 heteroatoms. The number of hydrogen-bond acceptors (Lipinski definition) is 4. The third-order valence-electron chi connectivity index (χ3n) is 3.01. The van der Waals surface area contributed by atoms with Crippen LogP contribution in [0.2, 0.25) is 0 Å². The second kappa shape index (κ2) is 6.34. The quantitative estimate of drug-likeness (QED) is 0.668. The smallest absolute Gasteiger partial charge is 0.349 e. The van der Waals surface area contributed by atoms with Gasteiger partial charge in [0.2, 0.25) is 0 Å². The molecule has 2 aromatic rings. The summed E-state index contributed by atoms with van der Waals surface area (Å²) in [6.45, 7) is 2.87. The summed E-state index contributed by atoms with van der Waals surface area (Å²) in [4.78, 5) is 23.8. The molecule has 0 aliphatic rings. The highest BCUT2D eigenvalue weighted by atomic mass is 16.5. The average molecular weight is 275 g/mol. The Balaban J connectivity index is 2.24. The summed E-state index contributed by atoms with van der Waals surface area (Å²) < 4.78 is 10.1. The maximum atomic E-state index is 11.9. The zero-order chi connectivity index (χ0) is 14.5. The fourth-order valence-electron chi connectivity index (χ4n) is 1.96. The van der Waals surface area contributed by atoms with E-state index < -0.39 is 11.5 Å². The van der Waals surface area contributed by atoms with E-state index in [1.807, 2.05) is 25.1 Å². The van der Waals surface area contributed by atoms with Gasteiger partial charge >= 0.3 is 5.63 Å². The molecule has 5 nitrogen and oxygen atoms in total. The predicted octanol–water partition coefficient (Wildman–Crippen LogP) is 1.87. The van der Waals surface area contributed by atoms with Crippen molar-refractivity contribution in [2.45, 2.75) is 13.3 Å². The first kappa shape index (κ1) is 14.3. The molecule has 2 rings (SSSR count). The van der Waals surface area contributed by atoms with Crippen molar-refractivity contribution >= 4 is 16.9 Å². The number of aryl methyl sites for hydroxylation is 1. The van der Waals surface area contributed by atoms with E-state index in [1.54, 1.807) is 13.2 Å². The lowest BCUT2D eigenvalue weighted by atomic mass is 10.1. The summed E-state index contributed by atoms with van der Waals surface area (Å²) in [7, 11) is 1.60. The van der Waals surface area contributed by atoms with Crippen LogP contribution in [0.15, 0.2) is 33.5 Å². The third-order valence-corrected chi connectivity index (χ3v) is 3.01. The summed E-state index contributed by atoms with van der Waals surface area (Å²) >= 11 is 0. The largest absolute Gasteiger partial charge is 0.422 e. The monoisotopic (exact) mass is 275 g/mol. The fourth-order valence-corrected chi connectivity index (χ4v) is 1.96. The summed E-state index contributed by atoms with van der Waals surface area (Å²) in [5.74, 6) is -0.418. The topological polar surface area (TPSA) is 68.5 Å². The number of carbonyl (C=O) groups is 1. The van der Waals surface area contributed by atoms with E-state index in [4.69, 9.17) is 9.15 Å². The van der Waals surface area contributed by atoms with Crippen molar-refractivity contribution in [3.8, 4) is 0 Å². The Morgan fingerprint density at radius 2 is 2.20 bits per heavy atom. The van der Waals surface area contributed by atoms with E-state index in [1.165, 1.54) is 0 Å². The number of para-hydroxylation sites is 1. The van der Waals surface area contributed by atoms with Crippen molar-refractivity contribution in [3.05, 3.63) is 45.8 Å². The van der Waals surface area contributed by atoms with Gasteiger partial charge in [-0.15, -0.1) is 0 Å².